The lowest BCUT2D eigenvalue weighted by molar-refractivity contribution is 0.0608. The summed E-state index contributed by atoms with van der Waals surface area (Å²) in [4.78, 5) is 23.6. The summed E-state index contributed by atoms with van der Waals surface area (Å²) in [7, 11) is 0. The predicted molar refractivity (Wildman–Crippen MR) is 52.0 cm³/mol. The van der Waals surface area contributed by atoms with Crippen molar-refractivity contribution in [2.45, 2.75) is 0 Å². The van der Waals surface area contributed by atoms with Gasteiger partial charge in [0.2, 0.25) is 0 Å². The zero-order valence-electron chi connectivity index (χ0n) is 8.13. The number of carbonyl (C=O) groups excluding carboxylic acids is 1. The number of nitrogens with zero attached hydrogens (tertiary/aromatic N) is 3. The Morgan fingerprint density at radius 2 is 2.07 bits per heavy atom. The summed E-state index contributed by atoms with van der Waals surface area (Å²) in [5.74, 6) is 0.202. The van der Waals surface area contributed by atoms with Crippen LogP contribution in [0.3, 0.4) is 0 Å². The van der Waals surface area contributed by atoms with Crippen LogP contribution in [-0.4, -0.2) is 42.0 Å². The molecule has 0 atom stereocenters. The third-order valence-corrected chi connectivity index (χ3v) is 2.39. The molecule has 80 valence electrons. The fourth-order valence-electron chi connectivity index (χ4n) is 1.54. The third-order valence-electron chi connectivity index (χ3n) is 2.39. The van der Waals surface area contributed by atoms with Gasteiger partial charge in [-0.3, -0.25) is 9.80 Å². The first-order chi connectivity index (χ1) is 7.31. The van der Waals surface area contributed by atoms with Crippen LogP contribution in [0, 0.1) is 4.91 Å². The smallest absolute Gasteiger partial charge is 0.289 e. The Morgan fingerprint density at radius 1 is 1.33 bits per heavy atom. The van der Waals surface area contributed by atoms with E-state index in [1.54, 1.807) is 17.0 Å². The van der Waals surface area contributed by atoms with Crippen molar-refractivity contribution in [1.29, 1.82) is 0 Å². The van der Waals surface area contributed by atoms with E-state index in [0.29, 0.717) is 31.9 Å². The largest absolute Gasteiger partial charge is 0.459 e. The number of amides is 1. The van der Waals surface area contributed by atoms with Crippen molar-refractivity contribution in [1.82, 2.24) is 9.91 Å². The molecule has 15 heavy (non-hydrogen) atoms. The van der Waals surface area contributed by atoms with Crippen LogP contribution in [-0.2, 0) is 0 Å². The molecule has 0 bridgehead atoms. The van der Waals surface area contributed by atoms with E-state index in [0.717, 1.165) is 0 Å². The zero-order valence-corrected chi connectivity index (χ0v) is 8.13. The van der Waals surface area contributed by atoms with Gasteiger partial charge in [-0.1, -0.05) is 0 Å². The third kappa shape index (κ3) is 1.98. The highest BCUT2D eigenvalue weighted by Crippen LogP contribution is 2.09. The Morgan fingerprint density at radius 3 is 2.60 bits per heavy atom. The van der Waals surface area contributed by atoms with Crippen LogP contribution in [0.25, 0.3) is 0 Å². The Hall–Kier alpha value is -1.85. The number of carbonyl (C=O) groups is 1. The summed E-state index contributed by atoms with van der Waals surface area (Å²) in [6.45, 7) is 1.97. The average Bonchev–Trinajstić information content (AvgIpc) is 2.82. The van der Waals surface area contributed by atoms with Crippen LogP contribution in [0.5, 0.6) is 0 Å². The van der Waals surface area contributed by atoms with Crippen LogP contribution in [0.4, 0.5) is 0 Å². The number of hydrogen-bond donors (Lipinski definition) is 0. The number of furan rings is 1. The molecule has 0 N–H and O–H groups in total. The predicted octanol–water partition coefficient (Wildman–Crippen LogP) is 0.719. The minimum absolute atomic E-state index is 0.134. The number of nitroso groups, excluding NO2 is 1. The van der Waals surface area contributed by atoms with Crippen molar-refractivity contribution in [2.75, 3.05) is 26.2 Å². The van der Waals surface area contributed by atoms with Crippen molar-refractivity contribution in [3.05, 3.63) is 29.1 Å². The zero-order chi connectivity index (χ0) is 10.7. The first-order valence-corrected chi connectivity index (χ1v) is 4.72. The monoisotopic (exact) mass is 209 g/mol. The van der Waals surface area contributed by atoms with Crippen molar-refractivity contribution in [2.24, 2.45) is 5.29 Å². The summed E-state index contributed by atoms with van der Waals surface area (Å²) in [5, 5.41) is 4.23. The van der Waals surface area contributed by atoms with Gasteiger partial charge < -0.3 is 9.32 Å². The molecule has 1 amide bonds. The summed E-state index contributed by atoms with van der Waals surface area (Å²) < 4.78 is 5.01. The van der Waals surface area contributed by atoms with Crippen molar-refractivity contribution in [3.63, 3.8) is 0 Å². The van der Waals surface area contributed by atoms with E-state index in [2.05, 4.69) is 5.29 Å². The van der Waals surface area contributed by atoms with Gasteiger partial charge in [-0.2, -0.15) is 0 Å². The van der Waals surface area contributed by atoms with Gasteiger partial charge in [0.25, 0.3) is 5.91 Å². The van der Waals surface area contributed by atoms with Gasteiger partial charge in [0, 0.05) is 13.1 Å². The molecular weight excluding hydrogens is 198 g/mol. The van der Waals surface area contributed by atoms with Gasteiger partial charge in [0.05, 0.1) is 24.6 Å². The Balaban J connectivity index is 1.96. The second-order valence-corrected chi connectivity index (χ2v) is 3.30. The normalized spacial score (nSPS) is 16.5. The van der Waals surface area contributed by atoms with Gasteiger partial charge in [-0.05, 0) is 12.1 Å². The molecule has 0 saturated carbocycles. The van der Waals surface area contributed by atoms with Gasteiger partial charge in [0.15, 0.2) is 5.76 Å². The summed E-state index contributed by atoms with van der Waals surface area (Å²) >= 11 is 0. The lowest BCUT2D eigenvalue weighted by Crippen LogP contribution is -2.46. The molecule has 1 saturated heterocycles. The van der Waals surface area contributed by atoms with Crippen LogP contribution >= 0.6 is 0 Å². The summed E-state index contributed by atoms with van der Waals surface area (Å²) in [6, 6.07) is 3.31. The molecule has 2 heterocycles. The second kappa shape index (κ2) is 4.12. The topological polar surface area (TPSA) is 66.1 Å². The minimum atomic E-state index is -0.134. The molecule has 0 aromatic carbocycles. The Labute approximate surface area is 86.4 Å². The molecule has 1 aliphatic rings. The van der Waals surface area contributed by atoms with Crippen LogP contribution < -0.4 is 0 Å². The fraction of sp³-hybridized carbons (Fsp3) is 0.444. The van der Waals surface area contributed by atoms with Gasteiger partial charge >= 0.3 is 0 Å². The van der Waals surface area contributed by atoms with Crippen LogP contribution in [0.15, 0.2) is 28.1 Å². The van der Waals surface area contributed by atoms with Gasteiger partial charge in [0.1, 0.15) is 0 Å². The van der Waals surface area contributed by atoms with Crippen molar-refractivity contribution in [3.8, 4) is 0 Å². The van der Waals surface area contributed by atoms with Crippen LogP contribution in [0.1, 0.15) is 10.6 Å². The van der Waals surface area contributed by atoms with E-state index >= 15 is 0 Å². The summed E-state index contributed by atoms with van der Waals surface area (Å²) in [6.07, 6.45) is 1.47. The van der Waals surface area contributed by atoms with E-state index in [1.165, 1.54) is 11.3 Å². The fourth-order valence-corrected chi connectivity index (χ4v) is 1.54. The molecule has 6 nitrogen and oxygen atoms in total. The maximum Gasteiger partial charge on any atom is 0.289 e. The van der Waals surface area contributed by atoms with E-state index < -0.39 is 0 Å². The lowest BCUT2D eigenvalue weighted by Gasteiger charge is -2.30. The molecule has 0 radical (unpaired) electrons. The van der Waals surface area contributed by atoms with Gasteiger partial charge in [-0.15, -0.1) is 4.91 Å². The number of hydrogen-bond acceptors (Lipinski definition) is 4. The highest BCUT2D eigenvalue weighted by atomic mass is 16.3. The molecular formula is C9H11N3O3. The van der Waals surface area contributed by atoms with Crippen molar-refractivity contribution >= 4 is 5.91 Å². The van der Waals surface area contributed by atoms with E-state index in [9.17, 15) is 9.70 Å². The first kappa shape index (κ1) is 9.70. The highest BCUT2D eigenvalue weighted by Gasteiger charge is 2.23. The molecule has 2 rings (SSSR count). The molecule has 6 heteroatoms. The Bertz CT molecular complexity index is 341. The quantitative estimate of drug-likeness (QED) is 0.673. The standard InChI is InChI=1S/C9H11N3O3/c13-9(8-2-1-7-15-8)11-3-5-12(10-14)6-4-11/h1-2,7H,3-6H2. The van der Waals surface area contributed by atoms with Crippen LogP contribution in [0.2, 0.25) is 0 Å². The maximum atomic E-state index is 11.8. The average molecular weight is 209 g/mol. The second-order valence-electron chi connectivity index (χ2n) is 3.30. The SMILES string of the molecule is O=NN1CCN(C(=O)c2ccco2)CC1. The highest BCUT2D eigenvalue weighted by molar-refractivity contribution is 5.91. The molecule has 0 spiro atoms. The molecule has 0 aliphatic carbocycles. The van der Waals surface area contributed by atoms with Gasteiger partial charge in [-0.25, -0.2) is 0 Å². The number of piperazine rings is 1. The minimum Gasteiger partial charge on any atom is -0.459 e. The molecule has 1 aromatic rings. The summed E-state index contributed by atoms with van der Waals surface area (Å²) in [5.41, 5.74) is 0. The molecule has 0 unspecified atom stereocenters. The van der Waals surface area contributed by atoms with E-state index in [1.807, 2.05) is 0 Å². The van der Waals surface area contributed by atoms with Crippen molar-refractivity contribution < 1.29 is 9.21 Å². The lowest BCUT2D eigenvalue weighted by atomic mass is 10.3. The molecule has 1 fully saturated rings. The number of rotatable bonds is 2. The maximum absolute atomic E-state index is 11.8. The molecule has 1 aromatic heterocycles. The van der Waals surface area contributed by atoms with E-state index in [4.69, 9.17) is 4.42 Å². The Kier molecular flexibility index (Phi) is 2.66. The molecule has 1 aliphatic heterocycles. The van der Waals surface area contributed by atoms with E-state index in [-0.39, 0.29) is 5.91 Å². The first-order valence-electron chi connectivity index (χ1n) is 4.72.